The average molecular weight is 320 g/mol. The minimum absolute atomic E-state index is 0.552. The van der Waals surface area contributed by atoms with E-state index in [-0.39, 0.29) is 0 Å². The van der Waals surface area contributed by atoms with Crippen LogP contribution in [0.3, 0.4) is 0 Å². The lowest BCUT2D eigenvalue weighted by atomic mass is 10.2. The molecule has 1 aromatic carbocycles. The van der Waals surface area contributed by atoms with Gasteiger partial charge in [-0.15, -0.1) is 0 Å². The number of hydrogen-bond acceptors (Lipinski definition) is 5. The van der Waals surface area contributed by atoms with E-state index in [2.05, 4.69) is 44.3 Å². The quantitative estimate of drug-likeness (QED) is 0.666. The van der Waals surface area contributed by atoms with Crippen LogP contribution in [0.4, 0.5) is 0 Å². The predicted octanol–water partition coefficient (Wildman–Crippen LogP) is 3.54. The van der Waals surface area contributed by atoms with Gasteiger partial charge in [0.05, 0.1) is 6.54 Å². The zero-order chi connectivity index (χ0) is 16.2. The fourth-order valence-corrected chi connectivity index (χ4v) is 2.80. The molecule has 0 N–H and O–H groups in total. The first-order chi connectivity index (χ1) is 11.9. The molecule has 0 aliphatic heterocycles. The molecule has 1 saturated carbocycles. The SMILES string of the molecule is c1ccc(CN(Cc2nc(-c3ccccn3)no2)CC2CC2)cc1. The number of benzene rings is 1. The smallest absolute Gasteiger partial charge is 0.241 e. The van der Waals surface area contributed by atoms with E-state index >= 15 is 0 Å². The van der Waals surface area contributed by atoms with Crippen molar-refractivity contribution < 1.29 is 4.52 Å². The Morgan fingerprint density at radius 1 is 1.00 bits per heavy atom. The Morgan fingerprint density at radius 2 is 1.83 bits per heavy atom. The van der Waals surface area contributed by atoms with Crippen LogP contribution >= 0.6 is 0 Å². The summed E-state index contributed by atoms with van der Waals surface area (Å²) in [5, 5.41) is 4.07. The Labute approximate surface area is 141 Å². The highest BCUT2D eigenvalue weighted by Crippen LogP contribution is 2.30. The standard InChI is InChI=1S/C19H20N4O/c1-2-6-15(7-3-1)12-23(13-16-9-10-16)14-18-21-19(22-24-18)17-8-4-5-11-20-17/h1-8,11,16H,9-10,12-14H2. The van der Waals surface area contributed by atoms with Crippen LogP contribution in [0.15, 0.2) is 59.3 Å². The van der Waals surface area contributed by atoms with E-state index in [0.29, 0.717) is 18.3 Å². The van der Waals surface area contributed by atoms with Crippen molar-refractivity contribution in [2.75, 3.05) is 6.54 Å². The van der Waals surface area contributed by atoms with Gasteiger partial charge in [0.15, 0.2) is 0 Å². The van der Waals surface area contributed by atoms with Gasteiger partial charge in [-0.2, -0.15) is 4.98 Å². The normalized spacial score (nSPS) is 14.2. The van der Waals surface area contributed by atoms with Gasteiger partial charge in [0.2, 0.25) is 11.7 Å². The average Bonchev–Trinajstić information content (AvgIpc) is 3.31. The van der Waals surface area contributed by atoms with E-state index in [4.69, 9.17) is 4.52 Å². The topological polar surface area (TPSA) is 55.1 Å². The third-order valence-electron chi connectivity index (χ3n) is 4.18. The van der Waals surface area contributed by atoms with E-state index in [1.54, 1.807) is 6.20 Å². The Morgan fingerprint density at radius 3 is 2.58 bits per heavy atom. The van der Waals surface area contributed by atoms with Gasteiger partial charge in [0, 0.05) is 19.3 Å². The number of aromatic nitrogens is 3. The van der Waals surface area contributed by atoms with Crippen molar-refractivity contribution in [2.45, 2.75) is 25.9 Å². The van der Waals surface area contributed by atoms with Crippen molar-refractivity contribution in [1.29, 1.82) is 0 Å². The molecule has 0 unspecified atom stereocenters. The van der Waals surface area contributed by atoms with Crippen LogP contribution in [0.25, 0.3) is 11.5 Å². The predicted molar refractivity (Wildman–Crippen MR) is 90.8 cm³/mol. The highest BCUT2D eigenvalue weighted by molar-refractivity contribution is 5.46. The van der Waals surface area contributed by atoms with Gasteiger partial charge in [-0.05, 0) is 36.5 Å². The van der Waals surface area contributed by atoms with Gasteiger partial charge in [0.25, 0.3) is 0 Å². The maximum Gasteiger partial charge on any atom is 0.241 e. The summed E-state index contributed by atoms with van der Waals surface area (Å²) in [7, 11) is 0. The summed E-state index contributed by atoms with van der Waals surface area (Å²) in [6.45, 7) is 2.65. The number of rotatable bonds is 7. The molecule has 0 amide bonds. The number of nitrogens with zero attached hydrogens (tertiary/aromatic N) is 4. The molecule has 1 fully saturated rings. The first-order valence-corrected chi connectivity index (χ1v) is 8.37. The summed E-state index contributed by atoms with van der Waals surface area (Å²) in [5.41, 5.74) is 2.05. The highest BCUT2D eigenvalue weighted by Gasteiger charge is 2.25. The first kappa shape index (κ1) is 15.0. The minimum Gasteiger partial charge on any atom is -0.337 e. The van der Waals surface area contributed by atoms with Crippen molar-refractivity contribution in [3.05, 3.63) is 66.2 Å². The molecule has 3 aromatic rings. The second-order valence-electron chi connectivity index (χ2n) is 6.33. The van der Waals surface area contributed by atoms with E-state index in [0.717, 1.165) is 24.7 Å². The molecule has 0 bridgehead atoms. The molecule has 0 radical (unpaired) electrons. The van der Waals surface area contributed by atoms with Crippen molar-refractivity contribution in [3.63, 3.8) is 0 Å². The molecule has 1 aliphatic rings. The van der Waals surface area contributed by atoms with E-state index in [1.165, 1.54) is 18.4 Å². The summed E-state index contributed by atoms with van der Waals surface area (Å²) < 4.78 is 5.45. The molecular weight excluding hydrogens is 300 g/mol. The molecule has 2 heterocycles. The maximum absolute atomic E-state index is 5.45. The third kappa shape index (κ3) is 3.86. The fourth-order valence-electron chi connectivity index (χ4n) is 2.80. The van der Waals surface area contributed by atoms with Gasteiger partial charge in [-0.25, -0.2) is 0 Å². The van der Waals surface area contributed by atoms with Crippen LogP contribution in [0, 0.1) is 5.92 Å². The molecule has 0 spiro atoms. The lowest BCUT2D eigenvalue weighted by Crippen LogP contribution is -2.25. The van der Waals surface area contributed by atoms with Crippen LogP contribution in [-0.4, -0.2) is 26.6 Å². The molecule has 1 aliphatic carbocycles. The van der Waals surface area contributed by atoms with Gasteiger partial charge in [-0.3, -0.25) is 9.88 Å². The molecule has 4 rings (SSSR count). The van der Waals surface area contributed by atoms with E-state index < -0.39 is 0 Å². The molecule has 2 aromatic heterocycles. The second-order valence-corrected chi connectivity index (χ2v) is 6.33. The lowest BCUT2D eigenvalue weighted by Gasteiger charge is -2.20. The van der Waals surface area contributed by atoms with Crippen LogP contribution in [0.1, 0.15) is 24.3 Å². The molecule has 0 atom stereocenters. The summed E-state index contributed by atoms with van der Waals surface area (Å²) in [5.74, 6) is 2.01. The monoisotopic (exact) mass is 320 g/mol. The minimum atomic E-state index is 0.552. The maximum atomic E-state index is 5.45. The van der Waals surface area contributed by atoms with Gasteiger partial charge >= 0.3 is 0 Å². The van der Waals surface area contributed by atoms with Crippen molar-refractivity contribution in [3.8, 4) is 11.5 Å². The molecule has 5 heteroatoms. The summed E-state index contributed by atoms with van der Waals surface area (Å²) >= 11 is 0. The van der Waals surface area contributed by atoms with Crippen molar-refractivity contribution in [1.82, 2.24) is 20.0 Å². The number of hydrogen-bond donors (Lipinski definition) is 0. The molecular formula is C19H20N4O. The van der Waals surface area contributed by atoms with Crippen LogP contribution < -0.4 is 0 Å². The fraction of sp³-hybridized carbons (Fsp3) is 0.316. The summed E-state index contributed by atoms with van der Waals surface area (Å²) in [4.78, 5) is 11.2. The second kappa shape index (κ2) is 6.93. The van der Waals surface area contributed by atoms with Crippen LogP contribution in [0.2, 0.25) is 0 Å². The van der Waals surface area contributed by atoms with Crippen molar-refractivity contribution in [2.24, 2.45) is 5.92 Å². The van der Waals surface area contributed by atoms with E-state index in [9.17, 15) is 0 Å². The third-order valence-corrected chi connectivity index (χ3v) is 4.18. The van der Waals surface area contributed by atoms with Gasteiger partial charge in [-0.1, -0.05) is 41.6 Å². The van der Waals surface area contributed by atoms with Crippen LogP contribution in [0.5, 0.6) is 0 Å². The molecule has 122 valence electrons. The Kier molecular flexibility index (Phi) is 4.34. The van der Waals surface area contributed by atoms with Crippen molar-refractivity contribution >= 4 is 0 Å². The van der Waals surface area contributed by atoms with Gasteiger partial charge in [0.1, 0.15) is 5.69 Å². The lowest BCUT2D eigenvalue weighted by molar-refractivity contribution is 0.211. The largest absolute Gasteiger partial charge is 0.337 e. The summed E-state index contributed by atoms with van der Waals surface area (Å²) in [6.07, 6.45) is 4.39. The highest BCUT2D eigenvalue weighted by atomic mass is 16.5. The van der Waals surface area contributed by atoms with Gasteiger partial charge < -0.3 is 4.52 Å². The Hall–Kier alpha value is -2.53. The first-order valence-electron chi connectivity index (χ1n) is 8.37. The molecule has 0 saturated heterocycles. The Balaban J connectivity index is 1.47. The molecule has 5 nitrogen and oxygen atoms in total. The van der Waals surface area contributed by atoms with Crippen LogP contribution in [-0.2, 0) is 13.1 Å². The zero-order valence-electron chi connectivity index (χ0n) is 13.5. The Bertz CT molecular complexity index is 768. The molecule has 24 heavy (non-hydrogen) atoms. The summed E-state index contributed by atoms with van der Waals surface area (Å²) in [6, 6.07) is 16.2. The number of pyridine rings is 1. The van der Waals surface area contributed by atoms with E-state index in [1.807, 2.05) is 24.3 Å². The zero-order valence-corrected chi connectivity index (χ0v) is 13.5.